The van der Waals surface area contributed by atoms with Gasteiger partial charge < -0.3 is 20.4 Å². The van der Waals surface area contributed by atoms with E-state index < -0.39 is 12.2 Å². The maximum Gasteiger partial charge on any atom is 2.00 e. The molecule has 0 saturated carbocycles. The predicted octanol–water partition coefficient (Wildman–Crippen LogP) is -0.958. The molecule has 0 unspecified atom stereocenters. The van der Waals surface area contributed by atoms with Gasteiger partial charge in [-0.2, -0.15) is 0 Å². The molecule has 0 bridgehead atoms. The van der Waals surface area contributed by atoms with E-state index in [0.29, 0.717) is 0 Å². The van der Waals surface area contributed by atoms with Crippen molar-refractivity contribution in [3.05, 3.63) is 0 Å². The van der Waals surface area contributed by atoms with Crippen LogP contribution < -0.4 is 20.4 Å². The Morgan fingerprint density at radius 2 is 0.800 bits per heavy atom. The molecule has 0 fully saturated rings. The predicted molar refractivity (Wildman–Crippen MR) is 81.3 cm³/mol. The van der Waals surface area contributed by atoms with Gasteiger partial charge in [0.1, 0.15) is 0 Å². The van der Waals surface area contributed by atoms with Gasteiger partial charge in [0.05, 0.1) is 0 Å². The molecule has 116 valence electrons. The molecular weight excluding hydrogens is 507 g/mol. The first kappa shape index (κ1) is 38.5. The largest absolute Gasteiger partial charge is 2.00 e. The summed E-state index contributed by atoms with van der Waals surface area (Å²) in [6.45, 7) is 10.7. The van der Waals surface area contributed by atoms with Crippen LogP contribution in [-0.2, 0) is 0 Å². The number of hydrogen-bond acceptors (Lipinski definition) is 4. The summed E-state index contributed by atoms with van der Waals surface area (Å²) in [5.74, 6) is 0. The van der Waals surface area contributed by atoms with Crippen molar-refractivity contribution >= 4 is 97.8 Å². The van der Waals surface area contributed by atoms with Gasteiger partial charge >= 0.3 is 97.8 Å². The summed E-state index contributed by atoms with van der Waals surface area (Å²) < 4.78 is 0. The summed E-state index contributed by atoms with van der Waals surface area (Å²) in [6.07, 6.45) is 2.90. The third-order valence-electron chi connectivity index (χ3n) is 0.996. The van der Waals surface area contributed by atoms with Gasteiger partial charge in [-0.15, -0.1) is 25.4 Å². The third-order valence-corrected chi connectivity index (χ3v) is 0.996. The third kappa shape index (κ3) is 172. The van der Waals surface area contributed by atoms with Gasteiger partial charge in [0, 0.05) is 0 Å². The molecule has 0 radical (unpaired) electrons. The zero-order valence-electron chi connectivity index (χ0n) is 14.4. The van der Waals surface area contributed by atoms with Crippen LogP contribution in [-0.4, -0.2) is 123 Å². The van der Waals surface area contributed by atoms with Crippen molar-refractivity contribution in [1.29, 1.82) is 0 Å². The summed E-state index contributed by atoms with van der Waals surface area (Å²) in [5, 5.41) is 38.1. The van der Waals surface area contributed by atoms with Crippen LogP contribution in [0.3, 0.4) is 0 Å². The summed E-state index contributed by atoms with van der Waals surface area (Å²) in [6, 6.07) is 0. The van der Waals surface area contributed by atoms with E-state index in [9.17, 15) is 20.4 Å². The molecule has 0 heterocycles. The van der Waals surface area contributed by atoms with E-state index in [0.717, 1.165) is 25.7 Å². The van der Waals surface area contributed by atoms with Gasteiger partial charge in [-0.05, 0) is 0 Å². The van der Waals surface area contributed by atoms with Gasteiger partial charge in [-0.1, -0.05) is 67.2 Å². The van der Waals surface area contributed by atoms with Crippen molar-refractivity contribution in [2.75, 3.05) is 13.2 Å². The van der Waals surface area contributed by atoms with Crippen LogP contribution in [0.2, 0.25) is 0 Å². The molecule has 6 heteroatoms. The molecule has 0 spiro atoms. The SMILES string of the molecule is CC(C)[O-].CC(C)[O-].CCCC[O-].CCCC[O-].[Ba+2].[Ba+2]. The maximum atomic E-state index is 9.53. The average molecular weight is 539 g/mol. The first-order valence-corrected chi connectivity index (χ1v) is 6.77. The molecule has 0 aromatic carbocycles. The summed E-state index contributed by atoms with van der Waals surface area (Å²) in [5.41, 5.74) is 0. The molecule has 0 aromatic rings. The van der Waals surface area contributed by atoms with Crippen LogP contribution in [0.4, 0.5) is 0 Å². The minimum atomic E-state index is -0.417. The molecule has 0 rings (SSSR count). The quantitative estimate of drug-likeness (QED) is 0.431. The van der Waals surface area contributed by atoms with Crippen molar-refractivity contribution in [3.8, 4) is 0 Å². The molecule has 0 aliphatic carbocycles. The van der Waals surface area contributed by atoms with Crippen molar-refractivity contribution in [1.82, 2.24) is 0 Å². The van der Waals surface area contributed by atoms with Crippen molar-refractivity contribution in [3.63, 3.8) is 0 Å². The topological polar surface area (TPSA) is 92.2 Å². The van der Waals surface area contributed by atoms with Crippen molar-refractivity contribution in [2.24, 2.45) is 0 Å². The van der Waals surface area contributed by atoms with Gasteiger partial charge in [0.15, 0.2) is 0 Å². The smallest absolute Gasteiger partial charge is 0.854 e. The summed E-state index contributed by atoms with van der Waals surface area (Å²) in [4.78, 5) is 0. The fourth-order valence-electron chi connectivity index (χ4n) is 0.289. The average Bonchev–Trinajstić information content (AvgIpc) is 2.19. The Balaban J connectivity index is -0.0000000318. The number of rotatable bonds is 4. The van der Waals surface area contributed by atoms with E-state index in [2.05, 4.69) is 0 Å². The van der Waals surface area contributed by atoms with Gasteiger partial charge in [0.2, 0.25) is 0 Å². The Kier molecular flexibility index (Phi) is 83.0. The normalized spacial score (nSPS) is 7.80. The van der Waals surface area contributed by atoms with E-state index in [1.54, 1.807) is 27.7 Å². The van der Waals surface area contributed by atoms with E-state index in [1.807, 2.05) is 13.8 Å². The van der Waals surface area contributed by atoms with E-state index in [4.69, 9.17) is 0 Å². The molecule has 0 aliphatic rings. The van der Waals surface area contributed by atoms with Gasteiger partial charge in [-0.3, -0.25) is 0 Å². The second-order valence-electron chi connectivity index (χ2n) is 4.21. The molecule has 0 aromatic heterocycles. The van der Waals surface area contributed by atoms with E-state index in [1.165, 1.54) is 0 Å². The Hall–Kier alpha value is 2.98. The van der Waals surface area contributed by atoms with Crippen molar-refractivity contribution in [2.45, 2.75) is 79.4 Å². The van der Waals surface area contributed by atoms with Crippen LogP contribution >= 0.6 is 0 Å². The van der Waals surface area contributed by atoms with Gasteiger partial charge in [0.25, 0.3) is 0 Å². The molecule has 0 aliphatic heterocycles. The fraction of sp³-hybridized carbons (Fsp3) is 1.00. The Morgan fingerprint density at radius 3 is 0.800 bits per heavy atom. The molecule has 4 nitrogen and oxygen atoms in total. The monoisotopic (exact) mass is 540 g/mol. The van der Waals surface area contributed by atoms with Crippen LogP contribution in [0.25, 0.3) is 0 Å². The summed E-state index contributed by atoms with van der Waals surface area (Å²) in [7, 11) is 0. The fourth-order valence-corrected chi connectivity index (χ4v) is 0.289. The Bertz CT molecular complexity index is 83.7. The Labute approximate surface area is 207 Å². The molecule has 0 atom stereocenters. The molecular formula is C14H32Ba2O4. The maximum absolute atomic E-state index is 9.53. The van der Waals surface area contributed by atoms with Crippen LogP contribution in [0.5, 0.6) is 0 Å². The first-order chi connectivity index (χ1) is 8.29. The second-order valence-corrected chi connectivity index (χ2v) is 4.21. The van der Waals surface area contributed by atoms with Gasteiger partial charge in [-0.25, -0.2) is 0 Å². The standard InChI is InChI=1S/2C4H9O.2C3H7O.2Ba/c2*1-2-3-4-5;2*1-3(2)4;;/h2*2-4H2,1H3;2*3H,1-2H3;;/q4*-1;2*+2. The van der Waals surface area contributed by atoms with E-state index in [-0.39, 0.29) is 111 Å². The molecule has 0 N–H and O–H groups in total. The first-order valence-electron chi connectivity index (χ1n) is 6.77. The molecule has 0 saturated heterocycles. The van der Waals surface area contributed by atoms with Crippen LogP contribution in [0.15, 0.2) is 0 Å². The zero-order chi connectivity index (χ0) is 15.4. The molecule has 20 heavy (non-hydrogen) atoms. The minimum absolute atomic E-state index is 0. The Morgan fingerprint density at radius 1 is 0.650 bits per heavy atom. The minimum Gasteiger partial charge on any atom is -0.854 e. The van der Waals surface area contributed by atoms with Crippen molar-refractivity contribution < 1.29 is 20.4 Å². The summed E-state index contributed by atoms with van der Waals surface area (Å²) >= 11 is 0. The van der Waals surface area contributed by atoms with E-state index >= 15 is 0 Å². The zero-order valence-corrected chi connectivity index (χ0v) is 23.3. The molecule has 0 amide bonds. The van der Waals surface area contributed by atoms with Crippen LogP contribution in [0.1, 0.15) is 67.2 Å². The number of hydrogen-bond donors (Lipinski definition) is 0. The number of unbranched alkanes of at least 4 members (excludes halogenated alkanes) is 2. The van der Waals surface area contributed by atoms with Crippen LogP contribution in [0, 0.1) is 0 Å². The second kappa shape index (κ2) is 43.1.